The zero-order valence-corrected chi connectivity index (χ0v) is 47.8. The third-order valence-corrected chi connectivity index (χ3v) is 12.9. The number of aromatic nitrogens is 2. The number of methoxy groups -OCH3 is 2. The first-order valence-corrected chi connectivity index (χ1v) is 25.8. The molecule has 4 amide bonds. The normalized spacial score (nSPS) is 11.6. The number of amides is 4. The molecule has 2 heterocycles. The van der Waals surface area contributed by atoms with E-state index in [1.165, 1.54) is 23.1 Å². The maximum atomic E-state index is 13.4. The number of aliphatic imine (C=N–C) groups is 2. The molecule has 0 spiro atoms. The fourth-order valence-electron chi connectivity index (χ4n) is 6.44. The van der Waals surface area contributed by atoms with E-state index in [2.05, 4.69) is 67.4 Å². The molecule has 19 nitrogen and oxygen atoms in total. The minimum atomic E-state index is -0.802. The van der Waals surface area contributed by atoms with Gasteiger partial charge in [-0.3, -0.25) is 30.9 Å². The lowest BCUT2D eigenvalue weighted by atomic mass is 10.1. The van der Waals surface area contributed by atoms with E-state index in [9.17, 15) is 19.2 Å². The van der Waals surface area contributed by atoms with Crippen LogP contribution in [0.1, 0.15) is 83.1 Å². The zero-order valence-electron chi connectivity index (χ0n) is 42.4. The van der Waals surface area contributed by atoms with Crippen LogP contribution < -0.4 is 42.2 Å². The van der Waals surface area contributed by atoms with Crippen molar-refractivity contribution >= 4 is 122 Å². The Balaban J connectivity index is 0.000000277. The van der Waals surface area contributed by atoms with Gasteiger partial charge in [0.15, 0.2) is 0 Å². The molecule has 0 unspecified atom stereocenters. The van der Waals surface area contributed by atoms with Crippen LogP contribution in [0.25, 0.3) is 27.4 Å². The van der Waals surface area contributed by atoms with Gasteiger partial charge in [0.1, 0.15) is 22.7 Å². The Hall–Kier alpha value is -7.04. The molecule has 0 saturated heterocycles. The molecule has 4 aromatic carbocycles. The molecule has 6 rings (SSSR count). The zero-order chi connectivity index (χ0) is 55.4. The first-order valence-electron chi connectivity index (χ1n) is 22.4. The van der Waals surface area contributed by atoms with Crippen LogP contribution in [0.2, 0.25) is 10.0 Å². The number of carbonyl (C=O) groups is 4. The summed E-state index contributed by atoms with van der Waals surface area (Å²) in [5.41, 5.74) is 15.5. The molecule has 394 valence electrons. The molecule has 0 fully saturated rings. The lowest BCUT2D eigenvalue weighted by Gasteiger charge is -2.20. The Morgan fingerprint density at radius 1 is 0.653 bits per heavy atom. The summed E-state index contributed by atoms with van der Waals surface area (Å²) in [7, 11) is 3.15. The molecular weight excluding hydrogens is 1160 g/mol. The number of hydrogen-bond donors (Lipinski definition) is 6. The second-order valence-corrected chi connectivity index (χ2v) is 21.9. The number of rotatable bonds is 10. The molecule has 0 bridgehead atoms. The highest BCUT2D eigenvalue weighted by atomic mass is 127. The van der Waals surface area contributed by atoms with Crippen LogP contribution >= 0.6 is 68.9 Å². The van der Waals surface area contributed by atoms with Crippen LogP contribution in [0.15, 0.2) is 82.8 Å². The number of benzene rings is 4. The summed E-state index contributed by atoms with van der Waals surface area (Å²) in [5.74, 6) is 0.147. The second kappa shape index (κ2) is 25.9. The van der Waals surface area contributed by atoms with Crippen molar-refractivity contribution in [2.75, 3.05) is 25.7 Å². The minimum absolute atomic E-state index is 0.0138. The number of nitrogens with zero attached hydrogens (tertiary/aromatic N) is 5. The number of carbonyl (C=O) groups excluding carboxylic acids is 4. The monoisotopic (exact) mass is 1210 g/mol. The summed E-state index contributed by atoms with van der Waals surface area (Å²) in [6, 6.07) is 21.0. The van der Waals surface area contributed by atoms with E-state index in [4.69, 9.17) is 60.2 Å². The van der Waals surface area contributed by atoms with Gasteiger partial charge in [-0.25, -0.2) is 24.4 Å². The number of aryl methyl sites for hydroxylation is 2. The second-order valence-electron chi connectivity index (χ2n) is 18.0. The van der Waals surface area contributed by atoms with Crippen LogP contribution in [-0.2, 0) is 22.6 Å². The molecule has 6 aromatic rings. The van der Waals surface area contributed by atoms with Crippen molar-refractivity contribution < 1.29 is 38.1 Å². The highest BCUT2D eigenvalue weighted by molar-refractivity contribution is 14.1. The Kier molecular flexibility index (Phi) is 20.4. The summed E-state index contributed by atoms with van der Waals surface area (Å²) in [5, 5.41) is 11.0. The number of halogens is 3. The predicted molar refractivity (Wildman–Crippen MR) is 304 cm³/mol. The third-order valence-electron chi connectivity index (χ3n) is 9.88. The lowest BCUT2D eigenvalue weighted by Crippen LogP contribution is -2.46. The first-order chi connectivity index (χ1) is 35.3. The Labute approximate surface area is 466 Å². The molecule has 0 atom stereocenters. The average Bonchev–Trinajstić information content (AvgIpc) is 3.93. The van der Waals surface area contributed by atoms with Crippen molar-refractivity contribution in [2.24, 2.45) is 9.98 Å². The molecule has 24 heteroatoms. The molecule has 0 radical (unpaired) electrons. The van der Waals surface area contributed by atoms with E-state index in [1.807, 2.05) is 18.2 Å². The van der Waals surface area contributed by atoms with Crippen molar-refractivity contribution in [3.05, 3.63) is 130 Å². The van der Waals surface area contributed by atoms with Crippen molar-refractivity contribution in [3.8, 4) is 34.0 Å². The molecule has 2 aromatic heterocycles. The van der Waals surface area contributed by atoms with E-state index in [0.717, 1.165) is 20.3 Å². The Morgan fingerprint density at radius 2 is 1.04 bits per heavy atom. The minimum Gasteiger partial charge on any atom is -0.497 e. The van der Waals surface area contributed by atoms with Crippen molar-refractivity contribution in [1.82, 2.24) is 30.0 Å². The predicted octanol–water partition coefficient (Wildman–Crippen LogP) is 11.5. The average molecular weight is 1210 g/mol. The van der Waals surface area contributed by atoms with Crippen LogP contribution in [0.3, 0.4) is 0 Å². The highest BCUT2D eigenvalue weighted by Gasteiger charge is 2.26. The molecule has 8 N–H and O–H groups in total. The number of alkyl carbamates (subject to hydrolysis) is 2. The molecule has 0 aliphatic heterocycles. The van der Waals surface area contributed by atoms with Crippen molar-refractivity contribution in [2.45, 2.75) is 79.7 Å². The number of nitrogens with two attached hydrogens (primary N) is 2. The summed E-state index contributed by atoms with van der Waals surface area (Å²) < 4.78 is 30.8. The van der Waals surface area contributed by atoms with E-state index < -0.39 is 35.2 Å². The topological polar surface area (TPSA) is 260 Å². The van der Waals surface area contributed by atoms with Gasteiger partial charge in [0.05, 0.1) is 77.8 Å². The van der Waals surface area contributed by atoms with Crippen molar-refractivity contribution in [3.63, 3.8) is 0 Å². The summed E-state index contributed by atoms with van der Waals surface area (Å²) in [6.07, 6.45) is -1.56. The van der Waals surface area contributed by atoms with Crippen molar-refractivity contribution in [1.29, 1.82) is 0 Å². The van der Waals surface area contributed by atoms with E-state index in [1.54, 1.807) is 124 Å². The summed E-state index contributed by atoms with van der Waals surface area (Å²) in [4.78, 5) is 65.3. The quantitative estimate of drug-likeness (QED) is 0.0246. The number of nitrogens with one attached hydrogen (secondary N) is 4. The molecule has 0 aliphatic carbocycles. The van der Waals surface area contributed by atoms with Gasteiger partial charge in [0, 0.05) is 24.5 Å². The fraction of sp³-hybridized carbons (Fsp3) is 0.275. The summed E-state index contributed by atoms with van der Waals surface area (Å²) in [6.45, 7) is 21.3. The van der Waals surface area contributed by atoms with Gasteiger partial charge in [0.25, 0.3) is 11.8 Å². The Morgan fingerprint density at radius 3 is 1.40 bits per heavy atom. The summed E-state index contributed by atoms with van der Waals surface area (Å²) >= 11 is 16.8. The first kappa shape index (κ1) is 58.8. The smallest absolute Gasteiger partial charge is 0.414 e. The van der Waals surface area contributed by atoms with Gasteiger partial charge in [-0.05, 0) is 185 Å². The third kappa shape index (κ3) is 17.0. The molecule has 0 saturated carbocycles. The van der Waals surface area contributed by atoms with E-state index >= 15 is 0 Å². The highest BCUT2D eigenvalue weighted by Crippen LogP contribution is 2.33. The van der Waals surface area contributed by atoms with E-state index in [0.29, 0.717) is 60.0 Å². The van der Waals surface area contributed by atoms with Gasteiger partial charge in [-0.15, -0.1) is 0 Å². The lowest BCUT2D eigenvalue weighted by molar-refractivity contribution is 0.0548. The van der Waals surface area contributed by atoms with Crippen LogP contribution in [0.4, 0.5) is 26.7 Å². The van der Waals surface area contributed by atoms with Gasteiger partial charge in [-0.2, -0.15) is 8.75 Å². The SMILES string of the molecule is COc1ccc(-c2nsc(C)c2C(=O)NC(=NCc2cc(Cl)c(N)c(I)c2)NC(=O)OC(C)(C)C)cc1.[C-]#[N+]c1cc(CN=C(NC(=O)OC(C)(C)C)NC(=O)c2c(-c3ccc(OC)cc3)nsc2C)cc(Cl)c1N. The maximum absolute atomic E-state index is 13.4. The van der Waals surface area contributed by atoms with Gasteiger partial charge >= 0.3 is 12.2 Å². The van der Waals surface area contributed by atoms with E-state index in [-0.39, 0.29) is 41.4 Å². The number of ether oxygens (including phenoxy) is 4. The number of guanidine groups is 2. The molecular formula is C51H54Cl2IN11O8S2. The number of hydrogen-bond acceptors (Lipinski definition) is 16. The maximum Gasteiger partial charge on any atom is 0.414 e. The standard InChI is InChI=1S/C26H27ClN6O4S.C25H27ClIN5O4S/c1-14-20(22(33-38-14)16-7-9-17(36-6)10-8-16)23(34)31-24(32-25(35)37-26(2,3)4)30-13-15-11-18(27)21(28)19(12-15)29-5;1-13-19(21(32-37-13)15-6-8-16(35-5)9-7-15)22(33)30-23(31-24(34)36-25(2,3)4)29-12-14-10-17(26)20(28)18(27)11-14/h7-12H,13,28H2,1-4,6H3,(H2,30,31,32,34,35);6-11H,12,28H2,1-5H3,(H2,29,30,31,33,34). The molecule has 0 aliphatic rings. The van der Waals surface area contributed by atoms with Gasteiger partial charge < -0.3 is 30.4 Å². The Bertz CT molecular complexity index is 3160. The largest absolute Gasteiger partial charge is 0.497 e. The van der Waals surface area contributed by atoms with Crippen LogP contribution in [0, 0.1) is 24.0 Å². The van der Waals surface area contributed by atoms with Gasteiger partial charge in [0.2, 0.25) is 17.6 Å². The fourth-order valence-corrected chi connectivity index (χ4v) is 9.18. The van der Waals surface area contributed by atoms with Crippen LogP contribution in [0.5, 0.6) is 11.5 Å². The molecule has 75 heavy (non-hydrogen) atoms. The number of nitrogen functional groups attached to an aromatic ring is 2. The number of anilines is 2. The van der Waals surface area contributed by atoms with Gasteiger partial charge in [-0.1, -0.05) is 23.2 Å². The van der Waals surface area contributed by atoms with Crippen LogP contribution in [-0.4, -0.2) is 70.1 Å².